The van der Waals surface area contributed by atoms with E-state index in [0.717, 1.165) is 11.4 Å². The summed E-state index contributed by atoms with van der Waals surface area (Å²) in [6.45, 7) is 0. The number of fused-ring (bicyclic) bond motifs is 8. The molecule has 0 amide bonds. The van der Waals surface area contributed by atoms with Crippen molar-refractivity contribution < 1.29 is 0 Å². The Kier molecular flexibility index (Phi) is 11.6. The van der Waals surface area contributed by atoms with Crippen LogP contribution in [0.2, 0.25) is 0 Å². The number of para-hydroxylation sites is 3. The van der Waals surface area contributed by atoms with Crippen molar-refractivity contribution >= 4 is 130 Å². The number of hydrogen-bond donors (Lipinski definition) is 0. The lowest BCUT2D eigenvalue weighted by atomic mass is 10.1. The molecule has 0 unspecified atom stereocenters. The maximum atomic E-state index is 2.62. The van der Waals surface area contributed by atoms with Gasteiger partial charge in [0.2, 0.25) is 0 Å². The fourth-order valence-electron chi connectivity index (χ4n) is 15.1. The molecule has 0 saturated carbocycles. The van der Waals surface area contributed by atoms with Crippen LogP contribution in [0.4, 0.5) is 0 Å². The van der Waals surface area contributed by atoms with Gasteiger partial charge >= 0.3 is 0 Å². The highest BCUT2D eigenvalue weighted by Crippen LogP contribution is 2.40. The van der Waals surface area contributed by atoms with Gasteiger partial charge in [-0.25, -0.2) is 0 Å². The van der Waals surface area contributed by atoms with Gasteiger partial charge in [-0.1, -0.05) is 303 Å². The van der Waals surface area contributed by atoms with E-state index in [9.17, 15) is 0 Å². The van der Waals surface area contributed by atoms with Crippen LogP contribution in [0.1, 0.15) is 0 Å². The first-order valence-corrected chi connectivity index (χ1v) is 34.9. The third-order valence-corrected chi connectivity index (χ3v) is 33.3. The molecule has 0 bridgehead atoms. The molecular formula is C78H56N2Si3. The van der Waals surface area contributed by atoms with Gasteiger partial charge in [-0.3, -0.25) is 0 Å². The minimum atomic E-state index is -3.15. The van der Waals surface area contributed by atoms with E-state index in [0.29, 0.717) is 0 Å². The van der Waals surface area contributed by atoms with Crippen molar-refractivity contribution in [3.8, 4) is 11.4 Å². The molecule has 15 aromatic rings. The van der Waals surface area contributed by atoms with Crippen molar-refractivity contribution in [3.63, 3.8) is 0 Å². The zero-order chi connectivity index (χ0) is 55.0. The topological polar surface area (TPSA) is 9.86 Å². The van der Waals surface area contributed by atoms with Gasteiger partial charge in [-0.2, -0.15) is 0 Å². The summed E-state index contributed by atoms with van der Waals surface area (Å²) >= 11 is 0. The van der Waals surface area contributed by atoms with Gasteiger partial charge in [0.25, 0.3) is 0 Å². The van der Waals surface area contributed by atoms with Gasteiger partial charge in [0, 0.05) is 27.2 Å². The summed E-state index contributed by atoms with van der Waals surface area (Å²) < 4.78 is 5.17. The van der Waals surface area contributed by atoms with Crippen molar-refractivity contribution in [2.24, 2.45) is 0 Å². The monoisotopic (exact) mass is 1100 g/mol. The molecule has 1 aliphatic rings. The van der Waals surface area contributed by atoms with Gasteiger partial charge in [0.15, 0.2) is 24.2 Å². The third-order valence-electron chi connectivity index (χ3n) is 18.3. The van der Waals surface area contributed by atoms with Crippen LogP contribution < -0.4 is 62.2 Å². The molecule has 3 heterocycles. The summed E-state index contributed by atoms with van der Waals surface area (Å²) in [4.78, 5) is 0. The summed E-state index contributed by atoms with van der Waals surface area (Å²) in [6.07, 6.45) is 0. The Labute approximate surface area is 487 Å². The molecule has 0 radical (unpaired) electrons. The molecule has 2 nitrogen and oxygen atoms in total. The fourth-order valence-corrected chi connectivity index (χ4v) is 31.9. The average molecular weight is 1110 g/mol. The van der Waals surface area contributed by atoms with Crippen LogP contribution in [0, 0.1) is 0 Å². The minimum absolute atomic E-state index is 1.14. The second-order valence-corrected chi connectivity index (χ2v) is 33.5. The molecule has 0 aliphatic carbocycles. The van der Waals surface area contributed by atoms with Crippen molar-refractivity contribution in [2.45, 2.75) is 0 Å². The maximum absolute atomic E-state index is 3.15. The molecule has 0 saturated heterocycles. The molecular weight excluding hydrogens is 1050 g/mol. The van der Waals surface area contributed by atoms with E-state index < -0.39 is 24.2 Å². The normalized spacial score (nSPS) is 13.5. The van der Waals surface area contributed by atoms with E-state index in [1.54, 1.807) is 0 Å². The molecule has 83 heavy (non-hydrogen) atoms. The van der Waals surface area contributed by atoms with Crippen LogP contribution in [-0.2, 0) is 0 Å². The molecule has 13 aromatic carbocycles. The molecule has 5 heteroatoms. The second kappa shape index (κ2) is 19.7. The number of rotatable bonds is 10. The number of aromatic nitrogens is 2. The summed E-state index contributed by atoms with van der Waals surface area (Å²) in [7, 11) is -8.94. The molecule has 16 rings (SSSR count). The smallest absolute Gasteiger partial charge is 0.179 e. The van der Waals surface area contributed by atoms with Gasteiger partial charge in [-0.05, 0) is 98.6 Å². The van der Waals surface area contributed by atoms with Crippen LogP contribution in [0.3, 0.4) is 0 Å². The molecule has 390 valence electrons. The largest absolute Gasteiger partial charge is 0.307 e. The van der Waals surface area contributed by atoms with E-state index in [1.807, 2.05) is 0 Å². The first-order valence-electron chi connectivity index (χ1n) is 28.9. The number of benzene rings is 13. The first-order chi connectivity index (χ1) is 41.2. The molecule has 0 fully saturated rings. The third kappa shape index (κ3) is 7.12. The van der Waals surface area contributed by atoms with Crippen molar-refractivity contribution in [1.29, 1.82) is 0 Å². The first kappa shape index (κ1) is 49.0. The van der Waals surface area contributed by atoms with Crippen LogP contribution in [0.25, 0.3) is 55.0 Å². The van der Waals surface area contributed by atoms with Crippen LogP contribution in [0.15, 0.2) is 340 Å². The van der Waals surface area contributed by atoms with Gasteiger partial charge < -0.3 is 9.13 Å². The highest BCUT2D eigenvalue weighted by atomic mass is 28.3. The van der Waals surface area contributed by atoms with E-state index in [-0.39, 0.29) is 0 Å². The SMILES string of the molecule is c1ccc([Si](c2ccccc2)(c2ccccc2)c2cccc(-n3c4ccccc4c4cccc(-n5c6ccccc6c6ccc([Si]7(c8ccccc8)c8ccccc8[Si](c8ccccc8)(c8ccccc8)c8ccccc87)cc65)c43)c2)cc1. The van der Waals surface area contributed by atoms with E-state index >= 15 is 0 Å². The molecule has 0 spiro atoms. The predicted molar refractivity (Wildman–Crippen MR) is 360 cm³/mol. The second-order valence-electron chi connectivity index (χ2n) is 22.2. The Bertz CT molecular complexity index is 4720. The lowest BCUT2D eigenvalue weighted by molar-refractivity contribution is 1.13. The Balaban J connectivity index is 0.994. The zero-order valence-electron chi connectivity index (χ0n) is 45.7. The van der Waals surface area contributed by atoms with E-state index in [4.69, 9.17) is 0 Å². The van der Waals surface area contributed by atoms with Gasteiger partial charge in [-0.15, -0.1) is 0 Å². The summed E-state index contributed by atoms with van der Waals surface area (Å²) in [6, 6.07) is 130. The minimum Gasteiger partial charge on any atom is -0.307 e. The standard InChI is InChI=1S/C78H56N2Si3/c1-7-30-58(31-8-1)81(59-32-9-2-10-33-59,60-34-11-3-12-35-60)64-42-27-29-57(55-64)79-70-46-21-20-44-67(70)69-45-28-48-72(78(69)79)80-71-47-22-19-43-66(71)68-54-53-65(56-73(68)80)83(63-40-17-6-18-41-63)76-51-25-23-49-74(76)82(61-36-13-4-14-37-61,62-38-15-5-16-39-62)75-50-24-26-52-77(75)83/h1-56H. The Hall–Kier alpha value is -9.89. The Morgan fingerprint density at radius 2 is 0.590 bits per heavy atom. The van der Waals surface area contributed by atoms with Crippen molar-refractivity contribution in [1.82, 2.24) is 9.13 Å². The number of nitrogens with zero attached hydrogens (tertiary/aromatic N) is 2. The highest BCUT2D eigenvalue weighted by molar-refractivity contribution is 7.33. The van der Waals surface area contributed by atoms with Crippen LogP contribution >= 0.6 is 0 Å². The summed E-state index contributed by atoms with van der Waals surface area (Å²) in [5, 5.41) is 21.8. The van der Waals surface area contributed by atoms with E-state index in [1.165, 1.54) is 106 Å². The summed E-state index contributed by atoms with van der Waals surface area (Å²) in [5.74, 6) is 0. The van der Waals surface area contributed by atoms with Gasteiger partial charge in [0.05, 0.1) is 27.8 Å². The lowest BCUT2D eigenvalue weighted by Gasteiger charge is -2.48. The quantitative estimate of drug-likeness (QED) is 0.0954. The highest BCUT2D eigenvalue weighted by Gasteiger charge is 2.56. The number of hydrogen-bond acceptors (Lipinski definition) is 0. The molecule has 0 N–H and O–H groups in total. The lowest BCUT2D eigenvalue weighted by Crippen LogP contribution is -2.93. The average Bonchev–Trinajstić information content (AvgIpc) is 1.30. The Morgan fingerprint density at radius 1 is 0.229 bits per heavy atom. The fraction of sp³-hybridized carbons (Fsp3) is 0. The van der Waals surface area contributed by atoms with E-state index in [2.05, 4.69) is 349 Å². The van der Waals surface area contributed by atoms with Gasteiger partial charge in [0.1, 0.15) is 0 Å². The Morgan fingerprint density at radius 3 is 1.08 bits per heavy atom. The molecule has 1 aliphatic heterocycles. The zero-order valence-corrected chi connectivity index (χ0v) is 48.7. The molecule has 0 atom stereocenters. The predicted octanol–water partition coefficient (Wildman–Crippen LogP) is 10.3. The van der Waals surface area contributed by atoms with Crippen LogP contribution in [0.5, 0.6) is 0 Å². The van der Waals surface area contributed by atoms with Crippen LogP contribution in [-0.4, -0.2) is 33.4 Å². The molecule has 2 aromatic heterocycles. The summed E-state index contributed by atoms with van der Waals surface area (Å²) in [5.41, 5.74) is 7.01. The van der Waals surface area contributed by atoms with Crippen molar-refractivity contribution in [3.05, 3.63) is 340 Å². The van der Waals surface area contributed by atoms with Crippen molar-refractivity contribution in [2.75, 3.05) is 0 Å². The maximum Gasteiger partial charge on any atom is 0.179 e.